The normalized spacial score (nSPS) is 15.3. The van der Waals surface area contributed by atoms with Gasteiger partial charge in [-0.1, -0.05) is 0 Å². The summed E-state index contributed by atoms with van der Waals surface area (Å²) in [5.74, 6) is 0.00271. The van der Waals surface area contributed by atoms with Crippen molar-refractivity contribution in [2.24, 2.45) is 0 Å². The zero-order chi connectivity index (χ0) is 16.4. The maximum Gasteiger partial charge on any atom is 0.255 e. The maximum atomic E-state index is 12.6. The van der Waals surface area contributed by atoms with E-state index in [1.54, 1.807) is 11.2 Å². The second-order valence-corrected chi connectivity index (χ2v) is 8.13. The number of rotatable bonds is 4. The Labute approximate surface area is 139 Å². The van der Waals surface area contributed by atoms with Gasteiger partial charge in [-0.2, -0.15) is 11.3 Å². The predicted octanol–water partition coefficient (Wildman–Crippen LogP) is 1.04. The van der Waals surface area contributed by atoms with Gasteiger partial charge in [-0.25, -0.2) is 18.1 Å². The number of amides is 1. The highest BCUT2D eigenvalue weighted by Crippen LogP contribution is 2.19. The number of hydrogen-bond acceptors (Lipinski definition) is 5. The number of aryl methyl sites for hydroxylation is 1. The third-order valence-corrected chi connectivity index (χ3v) is 5.11. The van der Waals surface area contributed by atoms with Gasteiger partial charge in [-0.3, -0.25) is 4.79 Å². The molecule has 1 N–H and O–H groups in total. The summed E-state index contributed by atoms with van der Waals surface area (Å²) in [5, 5.41) is 3.73. The van der Waals surface area contributed by atoms with Gasteiger partial charge < -0.3 is 9.47 Å². The Kier molecular flexibility index (Phi) is 4.51. The quantitative estimate of drug-likeness (QED) is 0.889. The van der Waals surface area contributed by atoms with Gasteiger partial charge >= 0.3 is 0 Å². The lowest BCUT2D eigenvalue weighted by molar-refractivity contribution is 0.0746. The predicted molar refractivity (Wildman–Crippen MR) is 87.6 cm³/mol. The Morgan fingerprint density at radius 2 is 2.26 bits per heavy atom. The van der Waals surface area contributed by atoms with E-state index in [1.807, 2.05) is 21.4 Å². The van der Waals surface area contributed by atoms with Gasteiger partial charge in [0, 0.05) is 18.5 Å². The Bertz CT molecular complexity index is 796. The number of carbonyl (C=O) groups is 1. The standard InChI is InChI=1S/C14H18N4O3S2/c1-23(20,21)16-7-12-13-8-17(4-2-5-18(13)10-15-12)14(19)11-3-6-22-9-11/h3,6,9-10,16H,2,4-5,7-8H2,1H3. The third kappa shape index (κ3) is 3.80. The van der Waals surface area contributed by atoms with Crippen LogP contribution >= 0.6 is 11.3 Å². The summed E-state index contributed by atoms with van der Waals surface area (Å²) in [7, 11) is -3.28. The van der Waals surface area contributed by atoms with Gasteiger partial charge in [0.25, 0.3) is 5.91 Å². The van der Waals surface area contributed by atoms with E-state index in [0.29, 0.717) is 24.3 Å². The minimum Gasteiger partial charge on any atom is -0.333 e. The number of sulfonamides is 1. The first kappa shape index (κ1) is 16.2. The number of nitrogens with one attached hydrogen (secondary N) is 1. The van der Waals surface area contributed by atoms with E-state index in [9.17, 15) is 13.2 Å². The number of thiophene rings is 1. The van der Waals surface area contributed by atoms with Gasteiger partial charge in [0.2, 0.25) is 10.0 Å². The molecule has 0 saturated heterocycles. The molecule has 0 unspecified atom stereocenters. The highest BCUT2D eigenvalue weighted by atomic mass is 32.2. The molecule has 2 aromatic heterocycles. The molecule has 0 saturated carbocycles. The summed E-state index contributed by atoms with van der Waals surface area (Å²) in [5.41, 5.74) is 2.25. The average molecular weight is 354 g/mol. The van der Waals surface area contributed by atoms with Crippen LogP contribution in [0.2, 0.25) is 0 Å². The van der Waals surface area contributed by atoms with Gasteiger partial charge in [0.05, 0.1) is 42.6 Å². The average Bonchev–Trinajstić information content (AvgIpc) is 3.09. The van der Waals surface area contributed by atoms with E-state index in [4.69, 9.17) is 0 Å². The summed E-state index contributed by atoms with van der Waals surface area (Å²) >= 11 is 1.50. The molecule has 1 aliphatic heterocycles. The first-order chi connectivity index (χ1) is 10.9. The summed E-state index contributed by atoms with van der Waals surface area (Å²) in [4.78, 5) is 18.7. The lowest BCUT2D eigenvalue weighted by atomic mass is 10.2. The topological polar surface area (TPSA) is 84.3 Å². The van der Waals surface area contributed by atoms with Crippen LogP contribution in [0, 0.1) is 0 Å². The number of aromatic nitrogens is 2. The van der Waals surface area contributed by atoms with E-state index < -0.39 is 10.0 Å². The molecule has 23 heavy (non-hydrogen) atoms. The molecule has 0 bridgehead atoms. The molecule has 0 atom stereocenters. The molecule has 0 aromatic carbocycles. The van der Waals surface area contributed by atoms with Crippen molar-refractivity contribution in [1.82, 2.24) is 19.2 Å². The van der Waals surface area contributed by atoms with E-state index in [2.05, 4.69) is 9.71 Å². The molecular formula is C14H18N4O3S2. The van der Waals surface area contributed by atoms with Crippen molar-refractivity contribution in [2.45, 2.75) is 26.1 Å². The van der Waals surface area contributed by atoms with Crippen molar-refractivity contribution >= 4 is 27.3 Å². The molecule has 7 nitrogen and oxygen atoms in total. The van der Waals surface area contributed by atoms with Crippen LogP contribution in [0.1, 0.15) is 28.2 Å². The molecule has 3 rings (SSSR count). The molecule has 0 radical (unpaired) electrons. The van der Waals surface area contributed by atoms with Crippen LogP contribution in [0.15, 0.2) is 23.2 Å². The molecule has 0 fully saturated rings. The van der Waals surface area contributed by atoms with Crippen molar-refractivity contribution in [3.8, 4) is 0 Å². The third-order valence-electron chi connectivity index (χ3n) is 3.76. The van der Waals surface area contributed by atoms with Crippen LogP contribution in [0.5, 0.6) is 0 Å². The second kappa shape index (κ2) is 6.42. The van der Waals surface area contributed by atoms with Crippen LogP contribution in [0.3, 0.4) is 0 Å². The molecule has 3 heterocycles. The zero-order valence-corrected chi connectivity index (χ0v) is 14.4. The Morgan fingerprint density at radius 1 is 1.43 bits per heavy atom. The second-order valence-electron chi connectivity index (χ2n) is 5.52. The van der Waals surface area contributed by atoms with Crippen LogP contribution in [0.25, 0.3) is 0 Å². The summed E-state index contributed by atoms with van der Waals surface area (Å²) < 4.78 is 27.0. The first-order valence-corrected chi connectivity index (χ1v) is 10.1. The monoisotopic (exact) mass is 354 g/mol. The SMILES string of the molecule is CS(=O)(=O)NCc1ncn2c1CN(C(=O)c1ccsc1)CCC2. The lowest BCUT2D eigenvalue weighted by Crippen LogP contribution is -2.31. The molecule has 1 aliphatic rings. The molecule has 1 amide bonds. The minimum atomic E-state index is -3.28. The summed E-state index contributed by atoms with van der Waals surface area (Å²) in [6.07, 6.45) is 3.68. The molecular weight excluding hydrogens is 336 g/mol. The highest BCUT2D eigenvalue weighted by molar-refractivity contribution is 7.88. The van der Waals surface area contributed by atoms with E-state index in [-0.39, 0.29) is 12.5 Å². The molecule has 124 valence electrons. The van der Waals surface area contributed by atoms with Crippen molar-refractivity contribution in [1.29, 1.82) is 0 Å². The fourth-order valence-electron chi connectivity index (χ4n) is 2.61. The van der Waals surface area contributed by atoms with Gasteiger partial charge in [0.15, 0.2) is 0 Å². The summed E-state index contributed by atoms with van der Waals surface area (Å²) in [6.45, 7) is 2.03. The van der Waals surface area contributed by atoms with Crippen molar-refractivity contribution in [3.63, 3.8) is 0 Å². The van der Waals surface area contributed by atoms with Crippen molar-refractivity contribution < 1.29 is 13.2 Å². The van der Waals surface area contributed by atoms with Crippen molar-refractivity contribution in [3.05, 3.63) is 40.1 Å². The number of carbonyl (C=O) groups excluding carboxylic acids is 1. The zero-order valence-electron chi connectivity index (χ0n) is 12.7. The number of imidazole rings is 1. The van der Waals surface area contributed by atoms with Crippen LogP contribution in [-0.4, -0.2) is 41.6 Å². The highest BCUT2D eigenvalue weighted by Gasteiger charge is 2.23. The molecule has 0 aliphatic carbocycles. The fraction of sp³-hybridized carbons (Fsp3) is 0.429. The number of nitrogens with zero attached hydrogens (tertiary/aromatic N) is 3. The van der Waals surface area contributed by atoms with Gasteiger partial charge in [-0.15, -0.1) is 0 Å². The van der Waals surface area contributed by atoms with Crippen LogP contribution in [-0.2, 0) is 29.7 Å². The van der Waals surface area contributed by atoms with Gasteiger partial charge in [0.1, 0.15) is 0 Å². The smallest absolute Gasteiger partial charge is 0.255 e. The lowest BCUT2D eigenvalue weighted by Gasteiger charge is -2.20. The van der Waals surface area contributed by atoms with Crippen molar-refractivity contribution in [2.75, 3.05) is 12.8 Å². The van der Waals surface area contributed by atoms with Gasteiger partial charge in [-0.05, 0) is 17.9 Å². The Hall–Kier alpha value is -1.71. The van der Waals surface area contributed by atoms with Crippen LogP contribution < -0.4 is 4.72 Å². The number of fused-ring (bicyclic) bond motifs is 1. The Morgan fingerprint density at radius 3 is 2.96 bits per heavy atom. The first-order valence-electron chi connectivity index (χ1n) is 7.23. The summed E-state index contributed by atoms with van der Waals surface area (Å²) in [6, 6.07) is 1.82. The van der Waals surface area contributed by atoms with Crippen LogP contribution in [0.4, 0.5) is 0 Å². The molecule has 0 spiro atoms. The number of hydrogen-bond donors (Lipinski definition) is 1. The molecule has 2 aromatic rings. The maximum absolute atomic E-state index is 12.6. The van der Waals surface area contributed by atoms with E-state index in [0.717, 1.165) is 24.9 Å². The van der Waals surface area contributed by atoms with E-state index in [1.165, 1.54) is 11.3 Å². The molecule has 9 heteroatoms. The fourth-order valence-corrected chi connectivity index (χ4v) is 3.63. The minimum absolute atomic E-state index is 0.00271. The Balaban J connectivity index is 1.81. The van der Waals surface area contributed by atoms with E-state index >= 15 is 0 Å². The largest absolute Gasteiger partial charge is 0.333 e.